The van der Waals surface area contributed by atoms with E-state index in [2.05, 4.69) is 0 Å². The zero-order chi connectivity index (χ0) is 14.7. The summed E-state index contributed by atoms with van der Waals surface area (Å²) >= 11 is 0. The number of aromatic nitrogens is 1. The lowest BCUT2D eigenvalue weighted by Gasteiger charge is -2.01. The normalized spacial score (nSPS) is 10.3. The molecule has 0 radical (unpaired) electrons. The molecule has 0 fully saturated rings. The summed E-state index contributed by atoms with van der Waals surface area (Å²) in [6.45, 7) is 1.98. The van der Waals surface area contributed by atoms with E-state index in [9.17, 15) is 14.0 Å². The summed E-state index contributed by atoms with van der Waals surface area (Å²) in [5.41, 5.74) is 1.03. The summed E-state index contributed by atoms with van der Waals surface area (Å²) in [7, 11) is 1.66. The first kappa shape index (κ1) is 14.0. The topological polar surface area (TPSA) is 48.3 Å². The second-order valence-electron chi connectivity index (χ2n) is 4.28. The van der Waals surface area contributed by atoms with Crippen molar-refractivity contribution in [1.29, 1.82) is 0 Å². The SMILES string of the molecule is CCOC(=O)c1cc(C(=O)c2ccc(F)cc2)cn1C. The third-order valence-corrected chi connectivity index (χ3v) is 2.86. The second kappa shape index (κ2) is 5.69. The van der Waals surface area contributed by atoms with Crippen LogP contribution in [0, 0.1) is 5.82 Å². The molecule has 0 aliphatic carbocycles. The number of rotatable bonds is 4. The fourth-order valence-electron chi connectivity index (χ4n) is 1.86. The molecular formula is C15H14FNO3. The molecule has 1 aromatic heterocycles. The smallest absolute Gasteiger partial charge is 0.354 e. The van der Waals surface area contributed by atoms with Gasteiger partial charge in [-0.3, -0.25) is 4.79 Å². The lowest BCUT2D eigenvalue weighted by atomic mass is 10.1. The molecule has 2 rings (SSSR count). The minimum atomic E-state index is -0.479. The maximum Gasteiger partial charge on any atom is 0.354 e. The lowest BCUT2D eigenvalue weighted by Crippen LogP contribution is -2.08. The molecule has 0 amide bonds. The molecule has 0 spiro atoms. The van der Waals surface area contributed by atoms with E-state index in [0.29, 0.717) is 16.8 Å². The number of nitrogens with zero attached hydrogens (tertiary/aromatic N) is 1. The van der Waals surface area contributed by atoms with E-state index < -0.39 is 11.8 Å². The fraction of sp³-hybridized carbons (Fsp3) is 0.200. The Bertz CT molecular complexity index is 644. The predicted molar refractivity (Wildman–Crippen MR) is 71.2 cm³/mol. The molecule has 4 nitrogen and oxygen atoms in total. The number of esters is 1. The number of hydrogen-bond donors (Lipinski definition) is 0. The van der Waals surface area contributed by atoms with Gasteiger partial charge in [-0.1, -0.05) is 0 Å². The maximum absolute atomic E-state index is 12.8. The Morgan fingerprint density at radius 1 is 1.20 bits per heavy atom. The number of benzene rings is 1. The van der Waals surface area contributed by atoms with Crippen LogP contribution >= 0.6 is 0 Å². The number of ether oxygens (including phenoxy) is 1. The number of carbonyl (C=O) groups is 2. The molecule has 5 heteroatoms. The number of hydrogen-bond acceptors (Lipinski definition) is 3. The van der Waals surface area contributed by atoms with Crippen molar-refractivity contribution in [2.45, 2.75) is 6.92 Å². The van der Waals surface area contributed by atoms with Gasteiger partial charge < -0.3 is 9.30 Å². The Morgan fingerprint density at radius 3 is 2.45 bits per heavy atom. The first-order valence-corrected chi connectivity index (χ1v) is 6.16. The van der Waals surface area contributed by atoms with E-state index in [1.54, 1.807) is 20.2 Å². The maximum atomic E-state index is 12.8. The van der Waals surface area contributed by atoms with Gasteiger partial charge in [0.25, 0.3) is 0 Å². The Morgan fingerprint density at radius 2 is 1.85 bits per heavy atom. The standard InChI is InChI=1S/C15H14FNO3/c1-3-20-15(19)13-8-11(9-17(13)2)14(18)10-4-6-12(16)7-5-10/h4-9H,3H2,1-2H3. The van der Waals surface area contributed by atoms with E-state index >= 15 is 0 Å². The van der Waals surface area contributed by atoms with Crippen molar-refractivity contribution >= 4 is 11.8 Å². The van der Waals surface area contributed by atoms with Crippen LogP contribution in [0.1, 0.15) is 33.3 Å². The van der Waals surface area contributed by atoms with Crippen LogP contribution < -0.4 is 0 Å². The molecule has 0 N–H and O–H groups in total. The Hall–Kier alpha value is -2.43. The molecule has 2 aromatic rings. The fourth-order valence-corrected chi connectivity index (χ4v) is 1.86. The van der Waals surface area contributed by atoms with E-state index in [-0.39, 0.29) is 12.4 Å². The lowest BCUT2D eigenvalue weighted by molar-refractivity contribution is 0.0515. The summed E-state index contributed by atoms with van der Waals surface area (Å²) in [6, 6.07) is 6.75. The summed E-state index contributed by atoms with van der Waals surface area (Å²) < 4.78 is 19.3. The molecule has 1 aromatic carbocycles. The number of ketones is 1. The van der Waals surface area contributed by atoms with E-state index in [0.717, 1.165) is 0 Å². The Kier molecular flexibility index (Phi) is 3.98. The Labute approximate surface area is 115 Å². The number of halogens is 1. The highest BCUT2D eigenvalue weighted by atomic mass is 19.1. The minimum Gasteiger partial charge on any atom is -0.461 e. The molecule has 0 saturated carbocycles. The van der Waals surface area contributed by atoms with Gasteiger partial charge in [0.15, 0.2) is 5.78 Å². The van der Waals surface area contributed by atoms with Gasteiger partial charge in [-0.2, -0.15) is 0 Å². The van der Waals surface area contributed by atoms with E-state index in [1.807, 2.05) is 0 Å². The minimum absolute atomic E-state index is 0.267. The average Bonchev–Trinajstić information content (AvgIpc) is 2.81. The van der Waals surface area contributed by atoms with Crippen molar-refractivity contribution < 1.29 is 18.7 Å². The number of aryl methyl sites for hydroxylation is 1. The summed E-state index contributed by atoms with van der Waals surface area (Å²) in [5, 5.41) is 0. The van der Waals surface area contributed by atoms with Crippen LogP contribution in [0.15, 0.2) is 36.5 Å². The molecule has 20 heavy (non-hydrogen) atoms. The zero-order valence-electron chi connectivity index (χ0n) is 11.2. The van der Waals surface area contributed by atoms with Crippen molar-refractivity contribution in [2.24, 2.45) is 7.05 Å². The third-order valence-electron chi connectivity index (χ3n) is 2.86. The molecule has 0 aliphatic rings. The van der Waals surface area contributed by atoms with Crippen molar-refractivity contribution in [2.75, 3.05) is 6.61 Å². The van der Waals surface area contributed by atoms with Crippen LogP contribution in [0.5, 0.6) is 0 Å². The predicted octanol–water partition coefficient (Wildman–Crippen LogP) is 2.57. The van der Waals surface area contributed by atoms with Crippen molar-refractivity contribution in [3.05, 3.63) is 59.2 Å². The van der Waals surface area contributed by atoms with Gasteiger partial charge in [-0.05, 0) is 37.3 Å². The van der Waals surface area contributed by atoms with Crippen molar-refractivity contribution in [3.8, 4) is 0 Å². The molecule has 0 unspecified atom stereocenters. The molecule has 0 bridgehead atoms. The van der Waals surface area contributed by atoms with Gasteiger partial charge >= 0.3 is 5.97 Å². The summed E-state index contributed by atoms with van der Waals surface area (Å²) in [4.78, 5) is 23.9. The van der Waals surface area contributed by atoms with Crippen molar-refractivity contribution in [1.82, 2.24) is 4.57 Å². The quantitative estimate of drug-likeness (QED) is 0.636. The molecular weight excluding hydrogens is 261 g/mol. The molecule has 104 valence electrons. The zero-order valence-corrected chi connectivity index (χ0v) is 11.2. The molecule has 0 aliphatic heterocycles. The Balaban J connectivity index is 2.29. The largest absolute Gasteiger partial charge is 0.461 e. The molecule has 0 saturated heterocycles. The first-order valence-electron chi connectivity index (χ1n) is 6.16. The van der Waals surface area contributed by atoms with Gasteiger partial charge in [-0.25, -0.2) is 9.18 Å². The van der Waals surface area contributed by atoms with Crippen LogP contribution in [0.2, 0.25) is 0 Å². The highest BCUT2D eigenvalue weighted by molar-refractivity contribution is 6.10. The van der Waals surface area contributed by atoms with Crippen LogP contribution in [-0.4, -0.2) is 22.9 Å². The number of carbonyl (C=O) groups excluding carboxylic acids is 2. The third kappa shape index (κ3) is 2.77. The summed E-state index contributed by atoms with van der Waals surface area (Å²) in [5.74, 6) is -1.15. The van der Waals surface area contributed by atoms with Crippen LogP contribution in [0.4, 0.5) is 4.39 Å². The van der Waals surface area contributed by atoms with Gasteiger partial charge in [0.05, 0.1) is 6.61 Å². The highest BCUT2D eigenvalue weighted by Crippen LogP contribution is 2.14. The van der Waals surface area contributed by atoms with E-state index in [4.69, 9.17) is 4.74 Å². The highest BCUT2D eigenvalue weighted by Gasteiger charge is 2.17. The monoisotopic (exact) mass is 275 g/mol. The molecule has 0 atom stereocenters. The van der Waals surface area contributed by atoms with Gasteiger partial charge in [0.2, 0.25) is 0 Å². The van der Waals surface area contributed by atoms with Gasteiger partial charge in [0.1, 0.15) is 11.5 Å². The van der Waals surface area contributed by atoms with Crippen LogP contribution in [0.25, 0.3) is 0 Å². The first-order chi connectivity index (χ1) is 9.52. The average molecular weight is 275 g/mol. The van der Waals surface area contributed by atoms with Crippen LogP contribution in [0.3, 0.4) is 0 Å². The van der Waals surface area contributed by atoms with Crippen LogP contribution in [-0.2, 0) is 11.8 Å². The molecule has 1 heterocycles. The summed E-state index contributed by atoms with van der Waals surface area (Å²) in [6.07, 6.45) is 1.55. The van der Waals surface area contributed by atoms with Gasteiger partial charge in [0, 0.05) is 24.4 Å². The van der Waals surface area contributed by atoms with Gasteiger partial charge in [-0.15, -0.1) is 0 Å². The van der Waals surface area contributed by atoms with Crippen molar-refractivity contribution in [3.63, 3.8) is 0 Å². The second-order valence-corrected chi connectivity index (χ2v) is 4.28. The van der Waals surface area contributed by atoms with E-state index in [1.165, 1.54) is 34.9 Å².